The number of pyridine rings is 1. The number of aromatic nitrogens is 1. The SMILES string of the molecule is O=C(Cc1cccc2cccnc12)Nc1ccc(C(F)(F)F)cc1. The molecule has 1 N–H and O–H groups in total. The van der Waals surface area contributed by atoms with Crippen LogP contribution in [0.2, 0.25) is 0 Å². The second-order valence-corrected chi connectivity index (χ2v) is 5.29. The van der Waals surface area contributed by atoms with Crippen LogP contribution in [0.1, 0.15) is 11.1 Å². The van der Waals surface area contributed by atoms with E-state index in [0.717, 1.165) is 28.6 Å². The van der Waals surface area contributed by atoms with Crippen LogP contribution in [0.3, 0.4) is 0 Å². The number of anilines is 1. The molecule has 1 amide bonds. The van der Waals surface area contributed by atoms with Gasteiger partial charge in [0.2, 0.25) is 5.91 Å². The third-order valence-electron chi connectivity index (χ3n) is 3.56. The molecule has 0 aliphatic heterocycles. The summed E-state index contributed by atoms with van der Waals surface area (Å²) >= 11 is 0. The van der Waals surface area contributed by atoms with Crippen molar-refractivity contribution >= 4 is 22.5 Å². The van der Waals surface area contributed by atoms with E-state index in [-0.39, 0.29) is 12.3 Å². The van der Waals surface area contributed by atoms with Gasteiger partial charge < -0.3 is 5.32 Å². The minimum absolute atomic E-state index is 0.0926. The topological polar surface area (TPSA) is 42.0 Å². The van der Waals surface area contributed by atoms with Gasteiger partial charge in [-0.05, 0) is 35.9 Å². The first-order chi connectivity index (χ1) is 11.4. The third kappa shape index (κ3) is 3.53. The van der Waals surface area contributed by atoms with Crippen LogP contribution in [0.5, 0.6) is 0 Å². The minimum atomic E-state index is -4.39. The summed E-state index contributed by atoms with van der Waals surface area (Å²) in [4.78, 5) is 16.4. The van der Waals surface area contributed by atoms with Crippen LogP contribution < -0.4 is 5.32 Å². The molecule has 3 nitrogen and oxygen atoms in total. The number of rotatable bonds is 3. The van der Waals surface area contributed by atoms with Crippen molar-refractivity contribution in [2.24, 2.45) is 0 Å². The van der Waals surface area contributed by atoms with Crippen LogP contribution >= 0.6 is 0 Å². The first-order valence-electron chi connectivity index (χ1n) is 7.23. The Balaban J connectivity index is 1.73. The van der Waals surface area contributed by atoms with Crippen molar-refractivity contribution in [3.05, 3.63) is 71.9 Å². The van der Waals surface area contributed by atoms with E-state index in [1.54, 1.807) is 6.20 Å². The molecule has 1 heterocycles. The third-order valence-corrected chi connectivity index (χ3v) is 3.56. The Morgan fingerprint density at radius 3 is 2.42 bits per heavy atom. The quantitative estimate of drug-likeness (QED) is 0.772. The molecule has 0 unspecified atom stereocenters. The van der Waals surface area contributed by atoms with Crippen LogP contribution in [0.15, 0.2) is 60.8 Å². The molecule has 0 saturated carbocycles. The zero-order valence-corrected chi connectivity index (χ0v) is 12.5. The number of amides is 1. The molecule has 0 saturated heterocycles. The molecule has 0 aliphatic rings. The summed E-state index contributed by atoms with van der Waals surface area (Å²) in [5.74, 6) is -0.312. The lowest BCUT2D eigenvalue weighted by molar-refractivity contribution is -0.137. The average Bonchev–Trinajstić information content (AvgIpc) is 2.55. The number of benzene rings is 2. The number of carbonyl (C=O) groups is 1. The first-order valence-corrected chi connectivity index (χ1v) is 7.23. The Labute approximate surface area is 136 Å². The summed E-state index contributed by atoms with van der Waals surface area (Å²) in [6.45, 7) is 0. The lowest BCUT2D eigenvalue weighted by Gasteiger charge is -2.09. The number of halogens is 3. The summed E-state index contributed by atoms with van der Waals surface area (Å²) in [5, 5.41) is 3.53. The highest BCUT2D eigenvalue weighted by atomic mass is 19.4. The van der Waals surface area contributed by atoms with Crippen LogP contribution in [-0.2, 0) is 17.4 Å². The van der Waals surface area contributed by atoms with Crippen molar-refractivity contribution in [3.8, 4) is 0 Å². The number of nitrogens with zero attached hydrogens (tertiary/aromatic N) is 1. The van der Waals surface area contributed by atoms with Gasteiger partial charge >= 0.3 is 6.18 Å². The Kier molecular flexibility index (Phi) is 4.20. The zero-order valence-electron chi connectivity index (χ0n) is 12.5. The minimum Gasteiger partial charge on any atom is -0.326 e. The Bertz CT molecular complexity index is 868. The van der Waals surface area contributed by atoms with Gasteiger partial charge in [-0.1, -0.05) is 24.3 Å². The lowest BCUT2D eigenvalue weighted by Crippen LogP contribution is -2.15. The first kappa shape index (κ1) is 16.0. The predicted octanol–water partition coefficient (Wildman–Crippen LogP) is 4.43. The summed E-state index contributed by atoms with van der Waals surface area (Å²) < 4.78 is 37.6. The van der Waals surface area contributed by atoms with Crippen molar-refractivity contribution < 1.29 is 18.0 Å². The monoisotopic (exact) mass is 330 g/mol. The van der Waals surface area contributed by atoms with Gasteiger partial charge in [0.1, 0.15) is 0 Å². The van der Waals surface area contributed by atoms with Crippen molar-refractivity contribution in [3.63, 3.8) is 0 Å². The molecular formula is C18H13F3N2O. The van der Waals surface area contributed by atoms with E-state index in [4.69, 9.17) is 0 Å². The van der Waals surface area contributed by atoms with Crippen LogP contribution in [-0.4, -0.2) is 10.9 Å². The maximum Gasteiger partial charge on any atom is 0.416 e. The summed E-state index contributed by atoms with van der Waals surface area (Å²) in [6.07, 6.45) is -2.65. The molecule has 6 heteroatoms. The molecule has 122 valence electrons. The molecule has 1 aromatic heterocycles. The second kappa shape index (κ2) is 6.31. The average molecular weight is 330 g/mol. The molecule has 3 rings (SSSR count). The molecule has 0 spiro atoms. The van der Waals surface area contributed by atoms with E-state index in [0.29, 0.717) is 5.69 Å². The fourth-order valence-corrected chi connectivity index (χ4v) is 2.43. The number of hydrogen-bond acceptors (Lipinski definition) is 2. The molecule has 0 atom stereocenters. The fraction of sp³-hybridized carbons (Fsp3) is 0.111. The van der Waals surface area contributed by atoms with Crippen molar-refractivity contribution in [2.75, 3.05) is 5.32 Å². The summed E-state index contributed by atoms with van der Waals surface area (Å²) in [5.41, 5.74) is 1.07. The van der Waals surface area contributed by atoms with Gasteiger partial charge in [-0.3, -0.25) is 9.78 Å². The molecule has 0 bridgehead atoms. The second-order valence-electron chi connectivity index (χ2n) is 5.29. The van der Waals surface area contributed by atoms with E-state index in [1.807, 2.05) is 30.3 Å². The smallest absolute Gasteiger partial charge is 0.326 e. The zero-order chi connectivity index (χ0) is 17.2. The fourth-order valence-electron chi connectivity index (χ4n) is 2.43. The summed E-state index contributed by atoms with van der Waals surface area (Å²) in [7, 11) is 0. The van der Waals surface area contributed by atoms with Crippen LogP contribution in [0.4, 0.5) is 18.9 Å². The van der Waals surface area contributed by atoms with E-state index in [9.17, 15) is 18.0 Å². The Morgan fingerprint density at radius 2 is 1.71 bits per heavy atom. The standard InChI is InChI=1S/C18H13F3N2O/c19-18(20,21)14-6-8-15(9-7-14)23-16(24)11-13-4-1-3-12-5-2-10-22-17(12)13/h1-10H,11H2,(H,23,24). The van der Waals surface area contributed by atoms with Gasteiger partial charge in [0.15, 0.2) is 0 Å². The number of nitrogens with one attached hydrogen (secondary N) is 1. The van der Waals surface area contributed by atoms with Gasteiger partial charge in [-0.25, -0.2) is 0 Å². The Hall–Kier alpha value is -2.89. The van der Waals surface area contributed by atoms with E-state index in [1.165, 1.54) is 12.1 Å². The number of alkyl halides is 3. The van der Waals surface area contributed by atoms with Gasteiger partial charge in [0, 0.05) is 17.3 Å². The molecule has 2 aromatic carbocycles. The van der Waals surface area contributed by atoms with Crippen molar-refractivity contribution in [2.45, 2.75) is 12.6 Å². The van der Waals surface area contributed by atoms with E-state index >= 15 is 0 Å². The highest BCUT2D eigenvalue weighted by Gasteiger charge is 2.29. The van der Waals surface area contributed by atoms with E-state index < -0.39 is 11.7 Å². The molecule has 0 aliphatic carbocycles. The highest BCUT2D eigenvalue weighted by molar-refractivity contribution is 5.95. The largest absolute Gasteiger partial charge is 0.416 e. The predicted molar refractivity (Wildman–Crippen MR) is 85.5 cm³/mol. The molecular weight excluding hydrogens is 317 g/mol. The molecule has 3 aromatic rings. The molecule has 0 radical (unpaired) electrons. The number of fused-ring (bicyclic) bond motifs is 1. The van der Waals surface area contributed by atoms with Gasteiger partial charge in [-0.15, -0.1) is 0 Å². The lowest BCUT2D eigenvalue weighted by atomic mass is 10.1. The maximum atomic E-state index is 12.5. The van der Waals surface area contributed by atoms with Gasteiger partial charge in [0.25, 0.3) is 0 Å². The van der Waals surface area contributed by atoms with Gasteiger partial charge in [0.05, 0.1) is 17.5 Å². The number of carbonyl (C=O) groups excluding carboxylic acids is 1. The Morgan fingerprint density at radius 1 is 1.00 bits per heavy atom. The number of para-hydroxylation sites is 1. The van der Waals surface area contributed by atoms with Crippen molar-refractivity contribution in [1.82, 2.24) is 4.98 Å². The highest BCUT2D eigenvalue weighted by Crippen LogP contribution is 2.29. The maximum absolute atomic E-state index is 12.5. The molecule has 0 fully saturated rings. The van der Waals surface area contributed by atoms with Crippen LogP contribution in [0.25, 0.3) is 10.9 Å². The number of hydrogen-bond donors (Lipinski definition) is 1. The van der Waals surface area contributed by atoms with E-state index in [2.05, 4.69) is 10.3 Å². The van der Waals surface area contributed by atoms with Crippen molar-refractivity contribution in [1.29, 1.82) is 0 Å². The van der Waals surface area contributed by atoms with Crippen LogP contribution in [0, 0.1) is 0 Å². The summed E-state index contributed by atoms with van der Waals surface area (Å²) in [6, 6.07) is 13.6. The molecule has 24 heavy (non-hydrogen) atoms. The van der Waals surface area contributed by atoms with Gasteiger partial charge in [-0.2, -0.15) is 13.2 Å². The normalized spacial score (nSPS) is 11.5.